The molecule has 0 saturated heterocycles. The van der Waals surface area contributed by atoms with E-state index in [0.29, 0.717) is 5.56 Å². The van der Waals surface area contributed by atoms with Crippen LogP contribution in [0.4, 0.5) is 5.69 Å². The molecule has 0 heterocycles. The van der Waals surface area contributed by atoms with Gasteiger partial charge in [-0.25, -0.2) is 4.79 Å². The minimum Gasteiger partial charge on any atom is -0.481 e. The fourth-order valence-electron chi connectivity index (χ4n) is 1.85. The van der Waals surface area contributed by atoms with Gasteiger partial charge in [-0.2, -0.15) is 0 Å². The minimum atomic E-state index is -0.889. The lowest BCUT2D eigenvalue weighted by Crippen LogP contribution is -2.11. The zero-order valence-electron chi connectivity index (χ0n) is 13.9. The third kappa shape index (κ3) is 7.67. The largest absolute Gasteiger partial charge is 0.481 e. The number of hydrogen-bond acceptors (Lipinski definition) is 3. The second-order valence-corrected chi connectivity index (χ2v) is 5.33. The highest BCUT2D eigenvalue weighted by Gasteiger charge is 2.12. The smallest absolute Gasteiger partial charge is 0.335 e. The van der Waals surface area contributed by atoms with Crippen LogP contribution in [0.15, 0.2) is 24.3 Å². The first-order valence-corrected chi connectivity index (χ1v) is 7.56. The minimum absolute atomic E-state index is 0.111. The van der Waals surface area contributed by atoms with Crippen LogP contribution in [0.3, 0.4) is 0 Å². The van der Waals surface area contributed by atoms with Crippen molar-refractivity contribution in [2.24, 2.45) is 5.92 Å². The van der Waals surface area contributed by atoms with Crippen molar-refractivity contribution < 1.29 is 19.8 Å². The predicted molar refractivity (Wildman–Crippen MR) is 88.7 cm³/mol. The molecule has 0 aliphatic heterocycles. The zero-order valence-corrected chi connectivity index (χ0v) is 13.9. The Bertz CT molecular complexity index is 454. The standard InChI is InChI=1S/C9H11NO2.C8H16O2/c1-10(2)8-5-3-7(4-6-8)9(11)12;1-3-5-6-7(4-2)8(9)10/h3-6H,1-2H3,(H,11,12);7H,3-6H2,1-2H3,(H,9,10). The molecule has 1 atom stereocenters. The predicted octanol–water partition coefficient (Wildman–Crippen LogP) is 3.74. The van der Waals surface area contributed by atoms with Crippen LogP contribution in [0.5, 0.6) is 0 Å². The maximum Gasteiger partial charge on any atom is 0.335 e. The van der Waals surface area contributed by atoms with Gasteiger partial charge in [0.2, 0.25) is 0 Å². The molecular weight excluding hydrogens is 282 g/mol. The molecule has 5 nitrogen and oxygen atoms in total. The van der Waals surface area contributed by atoms with Gasteiger partial charge in [-0.15, -0.1) is 0 Å². The monoisotopic (exact) mass is 309 g/mol. The molecule has 0 aliphatic rings. The van der Waals surface area contributed by atoms with E-state index in [1.165, 1.54) is 0 Å². The van der Waals surface area contributed by atoms with E-state index in [1.807, 2.05) is 25.9 Å². The molecule has 2 N–H and O–H groups in total. The zero-order chi connectivity index (χ0) is 17.1. The molecule has 1 aromatic carbocycles. The highest BCUT2D eigenvalue weighted by Crippen LogP contribution is 2.12. The highest BCUT2D eigenvalue weighted by atomic mass is 16.4. The topological polar surface area (TPSA) is 77.8 Å². The first kappa shape index (κ1) is 20.0. The number of benzene rings is 1. The van der Waals surface area contributed by atoms with E-state index in [4.69, 9.17) is 10.2 Å². The van der Waals surface area contributed by atoms with Crippen LogP contribution < -0.4 is 4.90 Å². The number of carbonyl (C=O) groups is 2. The molecule has 0 bridgehead atoms. The molecule has 0 spiro atoms. The number of anilines is 1. The van der Waals surface area contributed by atoms with E-state index in [0.717, 1.165) is 31.4 Å². The maximum atomic E-state index is 10.5. The molecule has 0 aliphatic carbocycles. The first-order valence-electron chi connectivity index (χ1n) is 7.56. The van der Waals surface area contributed by atoms with Crippen LogP contribution in [0.1, 0.15) is 49.9 Å². The molecule has 1 rings (SSSR count). The highest BCUT2D eigenvalue weighted by molar-refractivity contribution is 5.88. The van der Waals surface area contributed by atoms with Gasteiger partial charge in [0.05, 0.1) is 11.5 Å². The summed E-state index contributed by atoms with van der Waals surface area (Å²) >= 11 is 0. The van der Waals surface area contributed by atoms with E-state index in [9.17, 15) is 9.59 Å². The van der Waals surface area contributed by atoms with Crippen LogP contribution >= 0.6 is 0 Å². The molecule has 0 amide bonds. The van der Waals surface area contributed by atoms with Gasteiger partial charge in [0.15, 0.2) is 0 Å². The number of carboxylic acid groups (broad SMARTS) is 2. The molecular formula is C17H27NO4. The van der Waals surface area contributed by atoms with Crippen LogP contribution in [-0.4, -0.2) is 36.2 Å². The van der Waals surface area contributed by atoms with Gasteiger partial charge < -0.3 is 15.1 Å². The summed E-state index contributed by atoms with van der Waals surface area (Å²) in [7, 11) is 3.82. The van der Waals surface area contributed by atoms with Crippen molar-refractivity contribution in [1.29, 1.82) is 0 Å². The second-order valence-electron chi connectivity index (χ2n) is 5.33. The Morgan fingerprint density at radius 1 is 1.09 bits per heavy atom. The lowest BCUT2D eigenvalue weighted by molar-refractivity contribution is -0.142. The number of aromatic carboxylic acids is 1. The summed E-state index contributed by atoms with van der Waals surface area (Å²) in [6.07, 6.45) is 3.71. The Morgan fingerprint density at radius 2 is 1.64 bits per heavy atom. The molecule has 5 heteroatoms. The van der Waals surface area contributed by atoms with E-state index in [1.54, 1.807) is 24.3 Å². The maximum absolute atomic E-state index is 10.5. The third-order valence-corrected chi connectivity index (χ3v) is 3.38. The first-order chi connectivity index (χ1) is 10.3. The fraction of sp³-hybridized carbons (Fsp3) is 0.529. The van der Waals surface area contributed by atoms with Crippen molar-refractivity contribution in [3.8, 4) is 0 Å². The molecule has 0 saturated carbocycles. The molecule has 0 aromatic heterocycles. The summed E-state index contributed by atoms with van der Waals surface area (Å²) in [6, 6.07) is 6.75. The van der Waals surface area contributed by atoms with Crippen molar-refractivity contribution in [3.63, 3.8) is 0 Å². The van der Waals surface area contributed by atoms with Gasteiger partial charge >= 0.3 is 11.9 Å². The average molecular weight is 309 g/mol. The quantitative estimate of drug-likeness (QED) is 0.802. The van der Waals surface area contributed by atoms with Crippen molar-refractivity contribution in [3.05, 3.63) is 29.8 Å². The van der Waals surface area contributed by atoms with E-state index < -0.39 is 11.9 Å². The Hall–Kier alpha value is -2.04. The summed E-state index contributed by atoms with van der Waals surface area (Å²) in [5.41, 5.74) is 1.32. The van der Waals surface area contributed by atoms with Gasteiger partial charge in [-0.1, -0.05) is 26.7 Å². The van der Waals surface area contributed by atoms with E-state index >= 15 is 0 Å². The van der Waals surface area contributed by atoms with Gasteiger partial charge in [-0.05, 0) is 37.1 Å². The molecule has 0 fully saturated rings. The normalized spacial score (nSPS) is 11.1. The summed E-state index contributed by atoms with van der Waals surface area (Å²) in [5, 5.41) is 17.2. The van der Waals surface area contributed by atoms with Gasteiger partial charge in [-0.3, -0.25) is 4.79 Å². The molecule has 1 aromatic rings. The summed E-state index contributed by atoms with van der Waals surface area (Å²) in [5.74, 6) is -1.64. The van der Waals surface area contributed by atoms with E-state index in [2.05, 4.69) is 6.92 Å². The van der Waals surface area contributed by atoms with Crippen molar-refractivity contribution in [1.82, 2.24) is 0 Å². The number of rotatable bonds is 7. The fourth-order valence-corrected chi connectivity index (χ4v) is 1.85. The summed E-state index contributed by atoms with van der Waals surface area (Å²) < 4.78 is 0. The molecule has 124 valence electrons. The van der Waals surface area contributed by atoms with Crippen LogP contribution in [0.25, 0.3) is 0 Å². The molecule has 22 heavy (non-hydrogen) atoms. The second kappa shape index (κ2) is 10.7. The Kier molecular flexibility index (Phi) is 9.67. The number of carboxylic acids is 2. The summed E-state index contributed by atoms with van der Waals surface area (Å²) in [4.78, 5) is 22.8. The lowest BCUT2D eigenvalue weighted by atomic mass is 10.00. The number of nitrogens with zero attached hydrogens (tertiary/aromatic N) is 1. The van der Waals surface area contributed by atoms with Gasteiger partial charge in [0, 0.05) is 19.8 Å². The Balaban J connectivity index is 0.000000409. The lowest BCUT2D eigenvalue weighted by Gasteiger charge is -2.11. The Labute approximate surface area is 132 Å². The van der Waals surface area contributed by atoms with Crippen molar-refractivity contribution >= 4 is 17.6 Å². The van der Waals surface area contributed by atoms with Gasteiger partial charge in [0.1, 0.15) is 0 Å². The average Bonchev–Trinajstić information content (AvgIpc) is 2.48. The van der Waals surface area contributed by atoms with Crippen LogP contribution in [0.2, 0.25) is 0 Å². The number of unbranched alkanes of at least 4 members (excludes halogenated alkanes) is 1. The van der Waals surface area contributed by atoms with Gasteiger partial charge in [0.25, 0.3) is 0 Å². The molecule has 1 unspecified atom stereocenters. The number of aliphatic carboxylic acids is 1. The third-order valence-electron chi connectivity index (χ3n) is 3.38. The SMILES string of the molecule is CCCCC(CC)C(=O)O.CN(C)c1ccc(C(=O)O)cc1. The van der Waals surface area contributed by atoms with Crippen LogP contribution in [0, 0.1) is 5.92 Å². The van der Waals surface area contributed by atoms with Crippen molar-refractivity contribution in [2.45, 2.75) is 39.5 Å². The summed E-state index contributed by atoms with van der Waals surface area (Å²) in [6.45, 7) is 4.00. The molecule has 0 radical (unpaired) electrons. The number of hydrogen-bond donors (Lipinski definition) is 2. The Morgan fingerprint density at radius 3 is 1.95 bits per heavy atom. The van der Waals surface area contributed by atoms with Crippen molar-refractivity contribution in [2.75, 3.05) is 19.0 Å². The van der Waals surface area contributed by atoms with E-state index in [-0.39, 0.29) is 5.92 Å². The van der Waals surface area contributed by atoms with Crippen LogP contribution in [-0.2, 0) is 4.79 Å².